The second kappa shape index (κ2) is 11.4. The van der Waals surface area contributed by atoms with Crippen molar-refractivity contribution < 1.29 is 8.83 Å². The van der Waals surface area contributed by atoms with Gasteiger partial charge in [0, 0.05) is 32.7 Å². The van der Waals surface area contributed by atoms with Crippen LogP contribution in [-0.4, -0.2) is 15.0 Å². The van der Waals surface area contributed by atoms with Gasteiger partial charge in [-0.25, -0.2) is 15.0 Å². The number of aromatic nitrogens is 3. The Labute approximate surface area is 287 Å². The van der Waals surface area contributed by atoms with Crippen LogP contribution in [0.4, 0.5) is 0 Å². The standard InChI is InChI=1S/C45H27N3O2/c1-3-11-28(12-4-1)30-15-9-16-31(25-30)32-22-24-40-38(26-32)35-23-21-33(27-41(35)49-40)44-46-43(29-13-5-2-6-14-29)47-45(48-44)37-19-10-18-36-34-17-7-8-20-39(34)50-42(36)37/h1-27H. The molecule has 3 heterocycles. The summed E-state index contributed by atoms with van der Waals surface area (Å²) >= 11 is 0. The fourth-order valence-electron chi connectivity index (χ4n) is 6.87. The van der Waals surface area contributed by atoms with E-state index in [9.17, 15) is 0 Å². The molecule has 3 aromatic heterocycles. The summed E-state index contributed by atoms with van der Waals surface area (Å²) in [5, 5.41) is 4.18. The molecule has 0 radical (unpaired) electrons. The van der Waals surface area contributed by atoms with Crippen LogP contribution >= 0.6 is 0 Å². The predicted molar refractivity (Wildman–Crippen MR) is 202 cm³/mol. The van der Waals surface area contributed by atoms with E-state index < -0.39 is 0 Å². The smallest absolute Gasteiger partial charge is 0.167 e. The lowest BCUT2D eigenvalue weighted by atomic mass is 9.98. The average molecular weight is 642 g/mol. The SMILES string of the molecule is c1ccc(-c2cccc(-c3ccc4oc5cc(-c6nc(-c7ccccc7)nc(-c7cccc8c7oc7ccccc78)n6)ccc5c4c3)c2)cc1. The highest BCUT2D eigenvalue weighted by Gasteiger charge is 2.18. The molecule has 0 spiro atoms. The van der Waals surface area contributed by atoms with E-state index in [2.05, 4.69) is 91.0 Å². The maximum Gasteiger partial charge on any atom is 0.167 e. The van der Waals surface area contributed by atoms with Crippen molar-refractivity contribution in [2.45, 2.75) is 0 Å². The second-order valence-corrected chi connectivity index (χ2v) is 12.4. The van der Waals surface area contributed by atoms with Gasteiger partial charge in [-0.1, -0.05) is 121 Å². The number of para-hydroxylation sites is 2. The van der Waals surface area contributed by atoms with Crippen LogP contribution in [0.3, 0.4) is 0 Å². The average Bonchev–Trinajstić information content (AvgIpc) is 3.76. The van der Waals surface area contributed by atoms with Crippen molar-refractivity contribution in [2.24, 2.45) is 0 Å². The first-order valence-corrected chi connectivity index (χ1v) is 16.6. The van der Waals surface area contributed by atoms with Crippen LogP contribution in [0.1, 0.15) is 0 Å². The molecule has 0 bridgehead atoms. The summed E-state index contributed by atoms with van der Waals surface area (Å²) in [4.78, 5) is 15.0. The van der Waals surface area contributed by atoms with E-state index in [-0.39, 0.29) is 0 Å². The first-order chi connectivity index (χ1) is 24.7. The van der Waals surface area contributed by atoms with Gasteiger partial charge < -0.3 is 8.83 Å². The van der Waals surface area contributed by atoms with Gasteiger partial charge in [-0.2, -0.15) is 0 Å². The van der Waals surface area contributed by atoms with Gasteiger partial charge in [0.2, 0.25) is 0 Å². The van der Waals surface area contributed by atoms with Crippen LogP contribution in [0.5, 0.6) is 0 Å². The highest BCUT2D eigenvalue weighted by Crippen LogP contribution is 2.38. The van der Waals surface area contributed by atoms with Gasteiger partial charge in [-0.3, -0.25) is 0 Å². The molecule has 0 N–H and O–H groups in total. The quantitative estimate of drug-likeness (QED) is 0.187. The Hall–Kier alpha value is -6.85. The number of benzene rings is 7. The molecule has 234 valence electrons. The first kappa shape index (κ1) is 28.2. The molecule has 10 rings (SSSR count). The Kier molecular flexibility index (Phi) is 6.42. The highest BCUT2D eigenvalue weighted by atomic mass is 16.3. The minimum Gasteiger partial charge on any atom is -0.456 e. The number of hydrogen-bond acceptors (Lipinski definition) is 5. The molecule has 0 fully saturated rings. The van der Waals surface area contributed by atoms with E-state index in [0.29, 0.717) is 17.5 Å². The molecule has 0 amide bonds. The molecule has 0 aliphatic rings. The van der Waals surface area contributed by atoms with Gasteiger partial charge in [-0.05, 0) is 64.7 Å². The lowest BCUT2D eigenvalue weighted by Crippen LogP contribution is -2.00. The number of fused-ring (bicyclic) bond motifs is 6. The Bertz CT molecular complexity index is 2870. The molecule has 0 unspecified atom stereocenters. The van der Waals surface area contributed by atoms with Crippen molar-refractivity contribution in [3.63, 3.8) is 0 Å². The molecule has 0 saturated heterocycles. The highest BCUT2D eigenvalue weighted by molar-refractivity contribution is 6.09. The molecule has 0 atom stereocenters. The molecular weight excluding hydrogens is 615 g/mol. The van der Waals surface area contributed by atoms with Crippen LogP contribution in [0.15, 0.2) is 173 Å². The molecule has 7 aromatic carbocycles. The third kappa shape index (κ3) is 4.75. The Balaban J connectivity index is 1.10. The van der Waals surface area contributed by atoms with Crippen molar-refractivity contribution in [1.82, 2.24) is 15.0 Å². The zero-order valence-corrected chi connectivity index (χ0v) is 26.7. The minimum absolute atomic E-state index is 0.547. The maximum atomic E-state index is 6.43. The predicted octanol–water partition coefficient (Wildman–Crippen LogP) is 12.0. The number of nitrogens with zero attached hydrogens (tertiary/aromatic N) is 3. The first-order valence-electron chi connectivity index (χ1n) is 16.6. The van der Waals surface area contributed by atoms with E-state index >= 15 is 0 Å². The monoisotopic (exact) mass is 641 g/mol. The number of hydrogen-bond donors (Lipinski definition) is 0. The molecular formula is C45H27N3O2. The van der Waals surface area contributed by atoms with Gasteiger partial charge >= 0.3 is 0 Å². The van der Waals surface area contributed by atoms with Crippen LogP contribution < -0.4 is 0 Å². The largest absolute Gasteiger partial charge is 0.456 e. The summed E-state index contributed by atoms with van der Waals surface area (Å²) in [7, 11) is 0. The Morgan fingerprint density at radius 3 is 1.72 bits per heavy atom. The zero-order chi connectivity index (χ0) is 33.0. The number of furan rings is 2. The fraction of sp³-hybridized carbons (Fsp3) is 0. The lowest BCUT2D eigenvalue weighted by Gasteiger charge is -2.09. The minimum atomic E-state index is 0.547. The maximum absolute atomic E-state index is 6.43. The van der Waals surface area contributed by atoms with Crippen LogP contribution in [-0.2, 0) is 0 Å². The van der Waals surface area contributed by atoms with Crippen LogP contribution in [0, 0.1) is 0 Å². The van der Waals surface area contributed by atoms with Crippen molar-refractivity contribution in [2.75, 3.05) is 0 Å². The van der Waals surface area contributed by atoms with E-state index in [1.807, 2.05) is 72.8 Å². The Morgan fingerprint density at radius 1 is 0.300 bits per heavy atom. The van der Waals surface area contributed by atoms with Crippen molar-refractivity contribution in [3.05, 3.63) is 164 Å². The summed E-state index contributed by atoms with van der Waals surface area (Å²) in [6, 6.07) is 55.9. The molecule has 5 nitrogen and oxygen atoms in total. The fourth-order valence-corrected chi connectivity index (χ4v) is 6.87. The van der Waals surface area contributed by atoms with E-state index in [1.54, 1.807) is 0 Å². The number of rotatable bonds is 5. The van der Waals surface area contributed by atoms with Gasteiger partial charge in [0.15, 0.2) is 17.5 Å². The normalized spacial score (nSPS) is 11.6. The summed E-state index contributed by atoms with van der Waals surface area (Å²) in [6.07, 6.45) is 0. The summed E-state index contributed by atoms with van der Waals surface area (Å²) in [5.41, 5.74) is 10.4. The second-order valence-electron chi connectivity index (χ2n) is 12.4. The van der Waals surface area contributed by atoms with Crippen molar-refractivity contribution in [1.29, 1.82) is 0 Å². The molecule has 50 heavy (non-hydrogen) atoms. The molecule has 5 heteroatoms. The summed E-state index contributed by atoms with van der Waals surface area (Å²) in [6.45, 7) is 0. The third-order valence-corrected chi connectivity index (χ3v) is 9.35. The van der Waals surface area contributed by atoms with E-state index in [1.165, 1.54) is 11.1 Å². The zero-order valence-electron chi connectivity index (χ0n) is 26.7. The topological polar surface area (TPSA) is 65.0 Å². The molecule has 10 aromatic rings. The molecule has 0 aliphatic carbocycles. The Morgan fingerprint density at radius 2 is 0.880 bits per heavy atom. The summed E-state index contributed by atoms with van der Waals surface area (Å²) < 4.78 is 12.8. The van der Waals surface area contributed by atoms with E-state index in [4.69, 9.17) is 23.8 Å². The van der Waals surface area contributed by atoms with Crippen molar-refractivity contribution in [3.8, 4) is 56.4 Å². The molecule has 0 saturated carbocycles. The van der Waals surface area contributed by atoms with Gasteiger partial charge in [0.1, 0.15) is 22.3 Å². The molecule has 0 aliphatic heterocycles. The van der Waals surface area contributed by atoms with Crippen LogP contribution in [0.2, 0.25) is 0 Å². The van der Waals surface area contributed by atoms with Crippen molar-refractivity contribution >= 4 is 43.9 Å². The van der Waals surface area contributed by atoms with Crippen LogP contribution in [0.25, 0.3) is 100 Å². The lowest BCUT2D eigenvalue weighted by molar-refractivity contribution is 0.668. The van der Waals surface area contributed by atoms with Gasteiger partial charge in [0.05, 0.1) is 5.56 Å². The third-order valence-electron chi connectivity index (χ3n) is 9.35. The van der Waals surface area contributed by atoms with E-state index in [0.717, 1.165) is 71.7 Å². The van der Waals surface area contributed by atoms with Gasteiger partial charge in [0.25, 0.3) is 0 Å². The van der Waals surface area contributed by atoms with Gasteiger partial charge in [-0.15, -0.1) is 0 Å². The summed E-state index contributed by atoms with van der Waals surface area (Å²) in [5.74, 6) is 1.69.